The van der Waals surface area contributed by atoms with E-state index in [4.69, 9.17) is 0 Å². The van der Waals surface area contributed by atoms with Gasteiger partial charge in [0.2, 0.25) is 0 Å². The summed E-state index contributed by atoms with van der Waals surface area (Å²) in [4.78, 5) is 3.89. The molecule has 0 N–H and O–H groups in total. The molecule has 1 heterocycles. The van der Waals surface area contributed by atoms with Crippen LogP contribution in [-0.2, 0) is 0 Å². The molecule has 1 saturated carbocycles. The zero-order valence-electron chi connectivity index (χ0n) is 7.47. The largest absolute Gasteiger partial charge is 0.245 e. The standard InChI is InChI=1S/C11H10FN/c1-8-6-10(13-7-11(8)12)5-4-9-2-3-9/h6-7,9H,2-3H2,1H3. The Morgan fingerprint density at radius 1 is 1.54 bits per heavy atom. The van der Waals surface area contributed by atoms with Crippen molar-refractivity contribution in [1.82, 2.24) is 4.98 Å². The first-order chi connectivity index (χ1) is 6.25. The van der Waals surface area contributed by atoms with Crippen molar-refractivity contribution in [1.29, 1.82) is 0 Å². The van der Waals surface area contributed by atoms with E-state index >= 15 is 0 Å². The lowest BCUT2D eigenvalue weighted by atomic mass is 10.2. The molecular formula is C11H10FN. The van der Waals surface area contributed by atoms with Crippen molar-refractivity contribution in [3.63, 3.8) is 0 Å². The molecule has 13 heavy (non-hydrogen) atoms. The van der Waals surface area contributed by atoms with Crippen LogP contribution >= 0.6 is 0 Å². The van der Waals surface area contributed by atoms with Crippen molar-refractivity contribution in [2.75, 3.05) is 0 Å². The Morgan fingerprint density at radius 2 is 2.31 bits per heavy atom. The third-order valence-corrected chi connectivity index (χ3v) is 2.03. The Balaban J connectivity index is 2.22. The molecule has 1 aromatic heterocycles. The summed E-state index contributed by atoms with van der Waals surface area (Å²) in [6, 6.07) is 1.69. The van der Waals surface area contributed by atoms with Crippen LogP contribution in [0.1, 0.15) is 24.1 Å². The molecule has 2 heteroatoms. The Kier molecular flexibility index (Phi) is 2.02. The lowest BCUT2D eigenvalue weighted by molar-refractivity contribution is 0.611. The molecule has 1 nitrogen and oxygen atoms in total. The summed E-state index contributed by atoms with van der Waals surface area (Å²) in [7, 11) is 0. The predicted octanol–water partition coefficient (Wildman–Crippen LogP) is 2.29. The van der Waals surface area contributed by atoms with Crippen LogP contribution in [0.5, 0.6) is 0 Å². The first-order valence-electron chi connectivity index (χ1n) is 4.39. The average molecular weight is 175 g/mol. The zero-order chi connectivity index (χ0) is 9.26. The molecule has 0 aliphatic heterocycles. The van der Waals surface area contributed by atoms with Crippen LogP contribution in [0.3, 0.4) is 0 Å². The van der Waals surface area contributed by atoms with E-state index < -0.39 is 0 Å². The van der Waals surface area contributed by atoms with E-state index in [1.807, 2.05) is 0 Å². The maximum atomic E-state index is 12.8. The highest BCUT2D eigenvalue weighted by atomic mass is 19.1. The molecule has 0 bridgehead atoms. The van der Waals surface area contributed by atoms with E-state index in [2.05, 4.69) is 16.8 Å². The summed E-state index contributed by atoms with van der Waals surface area (Å²) in [5.41, 5.74) is 1.28. The van der Waals surface area contributed by atoms with Gasteiger partial charge in [0.1, 0.15) is 11.5 Å². The smallest absolute Gasteiger partial charge is 0.144 e. The summed E-state index contributed by atoms with van der Waals surface area (Å²) >= 11 is 0. The van der Waals surface area contributed by atoms with Gasteiger partial charge in [0.15, 0.2) is 0 Å². The number of hydrogen-bond acceptors (Lipinski definition) is 1. The fraction of sp³-hybridized carbons (Fsp3) is 0.364. The SMILES string of the molecule is Cc1cc(C#CC2CC2)ncc1F. The fourth-order valence-electron chi connectivity index (χ4n) is 1.01. The van der Waals surface area contributed by atoms with E-state index in [0.717, 1.165) is 0 Å². The lowest BCUT2D eigenvalue weighted by Crippen LogP contribution is -1.88. The number of aryl methyl sites for hydroxylation is 1. The van der Waals surface area contributed by atoms with Crippen LogP contribution in [0.2, 0.25) is 0 Å². The molecule has 1 aromatic rings. The molecule has 0 spiro atoms. The van der Waals surface area contributed by atoms with Gasteiger partial charge in [-0.1, -0.05) is 5.92 Å². The summed E-state index contributed by atoms with van der Waals surface area (Å²) in [6.07, 6.45) is 3.63. The predicted molar refractivity (Wildman–Crippen MR) is 48.5 cm³/mol. The molecule has 0 radical (unpaired) electrons. The fourth-order valence-corrected chi connectivity index (χ4v) is 1.01. The van der Waals surface area contributed by atoms with Gasteiger partial charge in [0.05, 0.1) is 6.20 Å². The minimum atomic E-state index is -0.267. The van der Waals surface area contributed by atoms with Gasteiger partial charge in [-0.25, -0.2) is 9.37 Å². The van der Waals surface area contributed by atoms with Gasteiger partial charge < -0.3 is 0 Å². The van der Waals surface area contributed by atoms with Crippen molar-refractivity contribution < 1.29 is 4.39 Å². The minimum Gasteiger partial charge on any atom is -0.245 e. The zero-order valence-corrected chi connectivity index (χ0v) is 7.47. The van der Waals surface area contributed by atoms with Crippen LogP contribution in [0.15, 0.2) is 12.3 Å². The van der Waals surface area contributed by atoms with Crippen molar-refractivity contribution in [2.24, 2.45) is 5.92 Å². The molecule has 1 aliphatic rings. The minimum absolute atomic E-state index is 0.267. The maximum Gasteiger partial charge on any atom is 0.144 e. The normalized spacial score (nSPS) is 14.9. The van der Waals surface area contributed by atoms with Crippen LogP contribution in [-0.4, -0.2) is 4.98 Å². The topological polar surface area (TPSA) is 12.9 Å². The molecule has 0 unspecified atom stereocenters. The lowest BCUT2D eigenvalue weighted by Gasteiger charge is -1.94. The first-order valence-corrected chi connectivity index (χ1v) is 4.39. The molecule has 1 fully saturated rings. The van der Waals surface area contributed by atoms with Crippen molar-refractivity contribution in [3.05, 3.63) is 29.3 Å². The monoisotopic (exact) mass is 175 g/mol. The number of nitrogens with zero attached hydrogens (tertiary/aromatic N) is 1. The Morgan fingerprint density at radius 3 is 2.92 bits per heavy atom. The van der Waals surface area contributed by atoms with E-state index in [9.17, 15) is 4.39 Å². The average Bonchev–Trinajstić information content (AvgIpc) is 2.91. The Bertz CT molecular complexity index is 383. The van der Waals surface area contributed by atoms with Crippen molar-refractivity contribution >= 4 is 0 Å². The molecular weight excluding hydrogens is 165 g/mol. The van der Waals surface area contributed by atoms with E-state index in [-0.39, 0.29) is 5.82 Å². The van der Waals surface area contributed by atoms with E-state index in [1.165, 1.54) is 19.0 Å². The second kappa shape index (κ2) is 3.18. The van der Waals surface area contributed by atoms with Gasteiger partial charge in [-0.2, -0.15) is 0 Å². The quantitative estimate of drug-likeness (QED) is 0.551. The summed E-state index contributed by atoms with van der Waals surface area (Å²) in [6.45, 7) is 1.72. The Labute approximate surface area is 77.0 Å². The second-order valence-corrected chi connectivity index (χ2v) is 3.36. The van der Waals surface area contributed by atoms with Gasteiger partial charge in [-0.15, -0.1) is 0 Å². The maximum absolute atomic E-state index is 12.8. The van der Waals surface area contributed by atoms with E-state index in [0.29, 0.717) is 17.2 Å². The third kappa shape index (κ3) is 2.06. The van der Waals surface area contributed by atoms with Crippen LogP contribution in [0.25, 0.3) is 0 Å². The third-order valence-electron chi connectivity index (χ3n) is 2.03. The van der Waals surface area contributed by atoms with Crippen molar-refractivity contribution in [2.45, 2.75) is 19.8 Å². The van der Waals surface area contributed by atoms with Crippen LogP contribution in [0, 0.1) is 30.5 Å². The molecule has 2 rings (SSSR count). The number of pyridine rings is 1. The Hall–Kier alpha value is -1.36. The number of hydrogen-bond donors (Lipinski definition) is 0. The highest BCUT2D eigenvalue weighted by molar-refractivity contribution is 5.32. The number of rotatable bonds is 0. The molecule has 66 valence electrons. The number of halogens is 1. The van der Waals surface area contributed by atoms with Gasteiger partial charge in [-0.05, 0) is 37.3 Å². The first kappa shape index (κ1) is 8.25. The van der Waals surface area contributed by atoms with Crippen LogP contribution in [0.4, 0.5) is 4.39 Å². The highest BCUT2D eigenvalue weighted by Crippen LogP contribution is 2.27. The second-order valence-electron chi connectivity index (χ2n) is 3.36. The summed E-state index contributed by atoms with van der Waals surface area (Å²) in [5, 5.41) is 0. The number of aromatic nitrogens is 1. The summed E-state index contributed by atoms with van der Waals surface area (Å²) in [5.74, 6) is 6.33. The van der Waals surface area contributed by atoms with Gasteiger partial charge >= 0.3 is 0 Å². The van der Waals surface area contributed by atoms with Crippen LogP contribution < -0.4 is 0 Å². The molecule has 0 saturated heterocycles. The molecule has 1 aliphatic carbocycles. The van der Waals surface area contributed by atoms with E-state index in [1.54, 1.807) is 13.0 Å². The van der Waals surface area contributed by atoms with Gasteiger partial charge in [0.25, 0.3) is 0 Å². The van der Waals surface area contributed by atoms with Gasteiger partial charge in [-0.3, -0.25) is 0 Å². The summed E-state index contributed by atoms with van der Waals surface area (Å²) < 4.78 is 12.8. The van der Waals surface area contributed by atoms with Crippen molar-refractivity contribution in [3.8, 4) is 11.8 Å². The highest BCUT2D eigenvalue weighted by Gasteiger charge is 2.17. The molecule has 0 aromatic carbocycles. The molecule has 0 amide bonds. The van der Waals surface area contributed by atoms with Gasteiger partial charge in [0, 0.05) is 5.92 Å². The molecule has 0 atom stereocenters.